The Hall–Kier alpha value is -3.52. The average molecular weight is 489 g/mol. The SMILES string of the molecule is CC[C@@H](c1nnnn1C(C)(C)CC)N(Cc1ccc(OC)cc1)Cc1cc2ccc(C)cc2[nH]c1=O. The maximum absolute atomic E-state index is 13.1. The summed E-state index contributed by atoms with van der Waals surface area (Å²) in [6.45, 7) is 11.7. The number of tetrazole rings is 1. The van der Waals surface area contributed by atoms with E-state index in [0.29, 0.717) is 18.7 Å². The Morgan fingerprint density at radius 2 is 1.83 bits per heavy atom. The Kier molecular flexibility index (Phi) is 7.54. The Morgan fingerprint density at radius 3 is 2.50 bits per heavy atom. The molecule has 0 aliphatic rings. The molecule has 8 heteroatoms. The van der Waals surface area contributed by atoms with Crippen LogP contribution in [0, 0.1) is 6.92 Å². The van der Waals surface area contributed by atoms with Crippen LogP contribution < -0.4 is 10.3 Å². The normalized spacial score (nSPS) is 12.9. The third kappa shape index (κ3) is 5.33. The maximum Gasteiger partial charge on any atom is 0.252 e. The molecular weight excluding hydrogens is 452 g/mol. The van der Waals surface area contributed by atoms with Gasteiger partial charge >= 0.3 is 0 Å². The average Bonchev–Trinajstić information content (AvgIpc) is 3.36. The number of rotatable bonds is 10. The van der Waals surface area contributed by atoms with E-state index >= 15 is 0 Å². The van der Waals surface area contributed by atoms with Crippen molar-refractivity contribution in [2.75, 3.05) is 7.11 Å². The van der Waals surface area contributed by atoms with Gasteiger partial charge in [0.1, 0.15) is 5.75 Å². The van der Waals surface area contributed by atoms with E-state index in [-0.39, 0.29) is 17.1 Å². The number of fused-ring (bicyclic) bond motifs is 1. The lowest BCUT2D eigenvalue weighted by Crippen LogP contribution is -2.36. The summed E-state index contributed by atoms with van der Waals surface area (Å²) < 4.78 is 7.28. The molecule has 0 aliphatic carbocycles. The molecule has 190 valence electrons. The number of ether oxygens (including phenoxy) is 1. The van der Waals surface area contributed by atoms with Gasteiger partial charge in [0.15, 0.2) is 5.82 Å². The molecule has 0 bridgehead atoms. The number of hydrogen-bond donors (Lipinski definition) is 1. The Bertz CT molecular complexity index is 1370. The molecule has 0 radical (unpaired) electrons. The summed E-state index contributed by atoms with van der Waals surface area (Å²) in [7, 11) is 1.66. The lowest BCUT2D eigenvalue weighted by molar-refractivity contribution is 0.150. The number of aryl methyl sites for hydroxylation is 1. The second kappa shape index (κ2) is 10.6. The van der Waals surface area contributed by atoms with Gasteiger partial charge < -0.3 is 9.72 Å². The Balaban J connectivity index is 1.76. The first kappa shape index (κ1) is 25.6. The van der Waals surface area contributed by atoms with Crippen molar-refractivity contribution in [1.82, 2.24) is 30.1 Å². The van der Waals surface area contributed by atoms with Gasteiger partial charge in [0.05, 0.1) is 18.7 Å². The molecule has 0 aliphatic heterocycles. The van der Waals surface area contributed by atoms with E-state index in [1.54, 1.807) is 7.11 Å². The van der Waals surface area contributed by atoms with E-state index < -0.39 is 0 Å². The van der Waals surface area contributed by atoms with Gasteiger partial charge in [-0.05, 0) is 84.8 Å². The van der Waals surface area contributed by atoms with Crippen molar-refractivity contribution in [2.45, 2.75) is 72.1 Å². The standard InChI is InChI=1S/C28H36N6O2/c1-7-25(26-30-31-32-34(26)28(4,5)8-2)33(17-20-10-13-23(36-6)14-11-20)18-22-16-21-12-9-19(3)15-24(21)29-27(22)35/h9-16,25H,7-8,17-18H2,1-6H3,(H,29,35)/t25-/m0/s1. The first-order valence-electron chi connectivity index (χ1n) is 12.5. The van der Waals surface area contributed by atoms with Crippen LogP contribution in [0.4, 0.5) is 0 Å². The van der Waals surface area contributed by atoms with E-state index in [1.165, 1.54) is 0 Å². The van der Waals surface area contributed by atoms with Crippen LogP contribution in [0.1, 0.15) is 69.1 Å². The molecule has 4 aromatic rings. The molecule has 36 heavy (non-hydrogen) atoms. The lowest BCUT2D eigenvalue weighted by atomic mass is 10.0. The third-order valence-electron chi connectivity index (χ3n) is 7.05. The second-order valence-corrected chi connectivity index (χ2v) is 10.0. The molecule has 1 atom stereocenters. The van der Waals surface area contributed by atoms with Crippen molar-refractivity contribution in [3.8, 4) is 5.75 Å². The number of nitrogens with zero attached hydrogens (tertiary/aromatic N) is 5. The zero-order chi connectivity index (χ0) is 25.9. The van der Waals surface area contributed by atoms with E-state index in [0.717, 1.165) is 46.4 Å². The van der Waals surface area contributed by atoms with Gasteiger partial charge in [-0.3, -0.25) is 9.69 Å². The van der Waals surface area contributed by atoms with Gasteiger partial charge in [-0.25, -0.2) is 4.68 Å². The summed E-state index contributed by atoms with van der Waals surface area (Å²) >= 11 is 0. The summed E-state index contributed by atoms with van der Waals surface area (Å²) in [5.74, 6) is 1.62. The number of aromatic amines is 1. The molecule has 2 heterocycles. The molecule has 2 aromatic carbocycles. The highest BCUT2D eigenvalue weighted by Crippen LogP contribution is 2.30. The smallest absolute Gasteiger partial charge is 0.252 e. The highest BCUT2D eigenvalue weighted by atomic mass is 16.5. The van der Waals surface area contributed by atoms with Gasteiger partial charge in [-0.1, -0.05) is 38.1 Å². The zero-order valence-corrected chi connectivity index (χ0v) is 22.1. The molecule has 0 unspecified atom stereocenters. The van der Waals surface area contributed by atoms with Crippen LogP contribution in [-0.2, 0) is 18.6 Å². The Morgan fingerprint density at radius 1 is 1.08 bits per heavy atom. The highest BCUT2D eigenvalue weighted by Gasteiger charge is 2.31. The van der Waals surface area contributed by atoms with Crippen molar-refractivity contribution in [3.63, 3.8) is 0 Å². The van der Waals surface area contributed by atoms with Gasteiger partial charge in [0, 0.05) is 24.2 Å². The van der Waals surface area contributed by atoms with Crippen molar-refractivity contribution in [3.05, 3.63) is 81.4 Å². The molecule has 0 saturated carbocycles. The second-order valence-electron chi connectivity index (χ2n) is 10.0. The van der Waals surface area contributed by atoms with Crippen LogP contribution in [0.3, 0.4) is 0 Å². The quantitative estimate of drug-likeness (QED) is 0.333. The lowest BCUT2D eigenvalue weighted by Gasteiger charge is -2.33. The van der Waals surface area contributed by atoms with Gasteiger partial charge in [-0.15, -0.1) is 5.10 Å². The molecule has 0 spiro atoms. The summed E-state index contributed by atoms with van der Waals surface area (Å²) in [5, 5.41) is 13.9. The molecule has 1 N–H and O–H groups in total. The van der Waals surface area contributed by atoms with Crippen LogP contribution in [0.5, 0.6) is 5.75 Å². The van der Waals surface area contributed by atoms with Crippen LogP contribution in [0.15, 0.2) is 53.3 Å². The number of nitrogens with one attached hydrogen (secondary N) is 1. The first-order valence-corrected chi connectivity index (χ1v) is 12.5. The van der Waals surface area contributed by atoms with Crippen molar-refractivity contribution in [2.24, 2.45) is 0 Å². The van der Waals surface area contributed by atoms with Gasteiger partial charge in [0.2, 0.25) is 0 Å². The number of H-pyrrole nitrogens is 1. The number of aromatic nitrogens is 5. The topological polar surface area (TPSA) is 88.9 Å². The van der Waals surface area contributed by atoms with E-state index in [1.807, 2.05) is 35.9 Å². The predicted molar refractivity (Wildman–Crippen MR) is 142 cm³/mol. The van der Waals surface area contributed by atoms with E-state index in [4.69, 9.17) is 4.74 Å². The molecule has 0 amide bonds. The fraction of sp³-hybridized carbons (Fsp3) is 0.429. The summed E-state index contributed by atoms with van der Waals surface area (Å²) in [6, 6.07) is 16.1. The number of hydrogen-bond acceptors (Lipinski definition) is 6. The molecule has 2 aromatic heterocycles. The first-order chi connectivity index (χ1) is 17.2. The monoisotopic (exact) mass is 488 g/mol. The molecule has 0 fully saturated rings. The van der Waals surface area contributed by atoms with Gasteiger partial charge in [-0.2, -0.15) is 0 Å². The fourth-order valence-corrected chi connectivity index (χ4v) is 4.52. The summed E-state index contributed by atoms with van der Waals surface area (Å²) in [5.41, 5.74) is 3.50. The van der Waals surface area contributed by atoms with Crippen molar-refractivity contribution < 1.29 is 4.74 Å². The van der Waals surface area contributed by atoms with Crippen molar-refractivity contribution in [1.29, 1.82) is 0 Å². The van der Waals surface area contributed by atoms with E-state index in [2.05, 4.69) is 77.4 Å². The maximum atomic E-state index is 13.1. The van der Waals surface area contributed by atoms with Crippen LogP contribution in [0.2, 0.25) is 0 Å². The minimum Gasteiger partial charge on any atom is -0.497 e. The molecule has 4 rings (SSSR count). The third-order valence-corrected chi connectivity index (χ3v) is 7.05. The van der Waals surface area contributed by atoms with Crippen LogP contribution >= 0.6 is 0 Å². The molecular formula is C28H36N6O2. The minimum absolute atomic E-state index is 0.0730. The number of methoxy groups -OCH3 is 1. The Labute approximate surface area is 212 Å². The predicted octanol–water partition coefficient (Wildman–Crippen LogP) is 5.13. The molecule has 0 saturated heterocycles. The minimum atomic E-state index is -0.226. The summed E-state index contributed by atoms with van der Waals surface area (Å²) in [6.07, 6.45) is 1.69. The van der Waals surface area contributed by atoms with Gasteiger partial charge in [0.25, 0.3) is 5.56 Å². The fourth-order valence-electron chi connectivity index (χ4n) is 4.52. The van der Waals surface area contributed by atoms with Crippen molar-refractivity contribution >= 4 is 10.9 Å². The number of pyridine rings is 1. The largest absolute Gasteiger partial charge is 0.497 e. The molecule has 8 nitrogen and oxygen atoms in total. The van der Waals surface area contributed by atoms with Crippen LogP contribution in [0.25, 0.3) is 10.9 Å². The van der Waals surface area contributed by atoms with Crippen LogP contribution in [-0.4, -0.2) is 37.2 Å². The number of benzene rings is 2. The summed E-state index contributed by atoms with van der Waals surface area (Å²) in [4.78, 5) is 18.5. The zero-order valence-electron chi connectivity index (χ0n) is 22.1. The highest BCUT2D eigenvalue weighted by molar-refractivity contribution is 5.79. The van der Waals surface area contributed by atoms with E-state index in [9.17, 15) is 4.79 Å².